The van der Waals surface area contributed by atoms with Crippen LogP contribution in [-0.2, 0) is 0 Å². The lowest BCUT2D eigenvalue weighted by molar-refractivity contribution is -0.385. The molecule has 1 aromatic rings. The van der Waals surface area contributed by atoms with Gasteiger partial charge in [0.15, 0.2) is 5.75 Å². The predicted octanol–water partition coefficient (Wildman–Crippen LogP) is 2.18. The number of benzene rings is 1. The van der Waals surface area contributed by atoms with E-state index in [1.165, 1.54) is 0 Å². The van der Waals surface area contributed by atoms with Crippen molar-refractivity contribution in [1.82, 2.24) is 5.32 Å². The Kier molecular flexibility index (Phi) is 4.79. The van der Waals surface area contributed by atoms with Crippen molar-refractivity contribution in [3.05, 3.63) is 28.3 Å². The van der Waals surface area contributed by atoms with Gasteiger partial charge in [-0.15, -0.1) is 0 Å². The molecule has 110 valence electrons. The van der Waals surface area contributed by atoms with Crippen LogP contribution in [0.5, 0.6) is 5.75 Å². The zero-order valence-electron chi connectivity index (χ0n) is 12.0. The quantitative estimate of drug-likeness (QED) is 0.638. The standard InChI is InChI=1S/C14H21N3O3/c1-3-20-13-8-4-7-12(14(13)17(18)19)16-9-5-6-11(16)10-15-2/h4,7-8,11,15H,3,5-6,9-10H2,1-2H3. The summed E-state index contributed by atoms with van der Waals surface area (Å²) in [6, 6.07) is 5.60. The fraction of sp³-hybridized carbons (Fsp3) is 0.571. The minimum atomic E-state index is -0.338. The summed E-state index contributed by atoms with van der Waals surface area (Å²) >= 11 is 0. The first-order chi connectivity index (χ1) is 9.69. The van der Waals surface area contributed by atoms with Gasteiger partial charge in [0.05, 0.1) is 11.5 Å². The number of nitro groups is 1. The molecule has 1 N–H and O–H groups in total. The van der Waals surface area contributed by atoms with E-state index in [0.29, 0.717) is 24.1 Å². The van der Waals surface area contributed by atoms with Crippen LogP contribution in [0.1, 0.15) is 19.8 Å². The molecule has 1 aromatic carbocycles. The summed E-state index contributed by atoms with van der Waals surface area (Å²) in [4.78, 5) is 13.2. The van der Waals surface area contributed by atoms with Crippen molar-refractivity contribution >= 4 is 11.4 Å². The highest BCUT2D eigenvalue weighted by Gasteiger charge is 2.31. The Balaban J connectivity index is 2.39. The van der Waals surface area contributed by atoms with Crippen LogP contribution in [0, 0.1) is 10.1 Å². The Hall–Kier alpha value is -1.82. The van der Waals surface area contributed by atoms with Crippen molar-refractivity contribution in [2.75, 3.05) is 31.6 Å². The van der Waals surface area contributed by atoms with Gasteiger partial charge in [-0.05, 0) is 38.9 Å². The number of likely N-dealkylation sites (N-methyl/N-ethyl adjacent to an activating group) is 1. The highest BCUT2D eigenvalue weighted by atomic mass is 16.6. The molecule has 0 radical (unpaired) electrons. The maximum atomic E-state index is 11.4. The van der Waals surface area contributed by atoms with Gasteiger partial charge in [-0.3, -0.25) is 10.1 Å². The Labute approximate surface area is 118 Å². The highest BCUT2D eigenvalue weighted by Crippen LogP contribution is 2.39. The number of nitrogens with zero attached hydrogens (tertiary/aromatic N) is 2. The minimum Gasteiger partial charge on any atom is -0.487 e. The second-order valence-electron chi connectivity index (χ2n) is 4.86. The fourth-order valence-electron chi connectivity index (χ4n) is 2.80. The van der Waals surface area contributed by atoms with E-state index in [1.54, 1.807) is 6.07 Å². The summed E-state index contributed by atoms with van der Waals surface area (Å²) in [6.07, 6.45) is 2.11. The van der Waals surface area contributed by atoms with E-state index in [1.807, 2.05) is 26.1 Å². The summed E-state index contributed by atoms with van der Waals surface area (Å²) in [5.41, 5.74) is 0.746. The largest absolute Gasteiger partial charge is 0.487 e. The maximum absolute atomic E-state index is 11.4. The second-order valence-corrected chi connectivity index (χ2v) is 4.86. The van der Waals surface area contributed by atoms with Gasteiger partial charge >= 0.3 is 5.69 Å². The van der Waals surface area contributed by atoms with Gasteiger partial charge in [0.25, 0.3) is 0 Å². The van der Waals surface area contributed by atoms with Crippen molar-refractivity contribution < 1.29 is 9.66 Å². The topological polar surface area (TPSA) is 67.6 Å². The molecule has 1 aliphatic rings. The number of nitro benzene ring substituents is 1. The molecule has 0 saturated carbocycles. The third kappa shape index (κ3) is 2.85. The van der Waals surface area contributed by atoms with Crippen LogP contribution in [-0.4, -0.2) is 37.7 Å². The van der Waals surface area contributed by atoms with E-state index in [0.717, 1.165) is 25.9 Å². The summed E-state index contributed by atoms with van der Waals surface area (Å²) in [5.74, 6) is 0.352. The third-order valence-electron chi connectivity index (χ3n) is 3.59. The first-order valence-corrected chi connectivity index (χ1v) is 7.00. The molecule has 1 fully saturated rings. The van der Waals surface area contributed by atoms with E-state index in [2.05, 4.69) is 10.2 Å². The molecule has 1 heterocycles. The molecule has 0 bridgehead atoms. The van der Waals surface area contributed by atoms with E-state index in [9.17, 15) is 10.1 Å². The molecule has 0 amide bonds. The van der Waals surface area contributed by atoms with Gasteiger partial charge in [0, 0.05) is 19.1 Å². The minimum absolute atomic E-state index is 0.0809. The first-order valence-electron chi connectivity index (χ1n) is 7.00. The second kappa shape index (κ2) is 6.56. The Bertz CT molecular complexity index is 479. The summed E-state index contributed by atoms with van der Waals surface area (Å²) in [6.45, 7) is 3.93. The average Bonchev–Trinajstić information content (AvgIpc) is 2.87. The van der Waals surface area contributed by atoms with E-state index >= 15 is 0 Å². The van der Waals surface area contributed by atoms with E-state index < -0.39 is 0 Å². The summed E-state index contributed by atoms with van der Waals surface area (Å²) in [5, 5.41) is 14.6. The van der Waals surface area contributed by atoms with E-state index in [-0.39, 0.29) is 10.6 Å². The molecule has 0 aromatic heterocycles. The molecule has 0 spiro atoms. The van der Waals surface area contributed by atoms with Crippen molar-refractivity contribution in [2.24, 2.45) is 0 Å². The molecule has 2 rings (SSSR count). The third-order valence-corrected chi connectivity index (χ3v) is 3.59. The number of nitrogens with one attached hydrogen (secondary N) is 1. The smallest absolute Gasteiger partial charge is 0.333 e. The van der Waals surface area contributed by atoms with Gasteiger partial charge < -0.3 is 15.0 Å². The summed E-state index contributed by atoms with van der Waals surface area (Å²) < 4.78 is 5.41. The molecular weight excluding hydrogens is 258 g/mol. The van der Waals surface area contributed by atoms with Gasteiger partial charge in [0.1, 0.15) is 5.69 Å². The molecular formula is C14H21N3O3. The molecule has 6 heteroatoms. The molecule has 6 nitrogen and oxygen atoms in total. The van der Waals surface area contributed by atoms with Gasteiger partial charge in [-0.1, -0.05) is 6.07 Å². The summed E-state index contributed by atoms with van der Waals surface area (Å²) in [7, 11) is 1.90. The Morgan fingerprint density at radius 1 is 1.55 bits per heavy atom. The number of ether oxygens (including phenoxy) is 1. The highest BCUT2D eigenvalue weighted by molar-refractivity contribution is 5.70. The van der Waals surface area contributed by atoms with Crippen molar-refractivity contribution in [3.63, 3.8) is 0 Å². The number of anilines is 1. The number of hydrogen-bond donors (Lipinski definition) is 1. The zero-order valence-corrected chi connectivity index (χ0v) is 12.0. The molecule has 0 aliphatic carbocycles. The van der Waals surface area contributed by atoms with Crippen molar-refractivity contribution in [1.29, 1.82) is 0 Å². The van der Waals surface area contributed by atoms with Crippen LogP contribution >= 0.6 is 0 Å². The monoisotopic (exact) mass is 279 g/mol. The van der Waals surface area contributed by atoms with Crippen LogP contribution in [0.3, 0.4) is 0 Å². The normalized spacial score (nSPS) is 18.3. The SMILES string of the molecule is CCOc1cccc(N2CCCC2CNC)c1[N+](=O)[O-]. The fourth-order valence-corrected chi connectivity index (χ4v) is 2.80. The lowest BCUT2D eigenvalue weighted by atomic mass is 10.2. The average molecular weight is 279 g/mol. The lowest BCUT2D eigenvalue weighted by Crippen LogP contribution is -2.37. The van der Waals surface area contributed by atoms with Crippen LogP contribution in [0.4, 0.5) is 11.4 Å². The van der Waals surface area contributed by atoms with Crippen LogP contribution in [0.25, 0.3) is 0 Å². The number of para-hydroxylation sites is 1. The molecule has 1 saturated heterocycles. The molecule has 20 heavy (non-hydrogen) atoms. The predicted molar refractivity (Wildman–Crippen MR) is 78.6 cm³/mol. The van der Waals surface area contributed by atoms with Crippen LogP contribution < -0.4 is 15.0 Å². The first kappa shape index (κ1) is 14.6. The van der Waals surface area contributed by atoms with E-state index in [4.69, 9.17) is 4.74 Å². The molecule has 1 aliphatic heterocycles. The van der Waals surface area contributed by atoms with Gasteiger partial charge in [-0.2, -0.15) is 0 Å². The maximum Gasteiger partial charge on any atom is 0.333 e. The zero-order chi connectivity index (χ0) is 14.5. The van der Waals surface area contributed by atoms with Crippen molar-refractivity contribution in [2.45, 2.75) is 25.8 Å². The number of hydrogen-bond acceptors (Lipinski definition) is 5. The number of rotatable bonds is 6. The lowest BCUT2D eigenvalue weighted by Gasteiger charge is -2.26. The molecule has 1 unspecified atom stereocenters. The van der Waals surface area contributed by atoms with Gasteiger partial charge in [0.2, 0.25) is 0 Å². The Morgan fingerprint density at radius 3 is 3.00 bits per heavy atom. The Morgan fingerprint density at radius 2 is 2.35 bits per heavy atom. The molecule has 1 atom stereocenters. The van der Waals surface area contributed by atoms with Crippen LogP contribution in [0.15, 0.2) is 18.2 Å². The van der Waals surface area contributed by atoms with Gasteiger partial charge in [-0.25, -0.2) is 0 Å². The van der Waals surface area contributed by atoms with Crippen molar-refractivity contribution in [3.8, 4) is 5.75 Å². The van der Waals surface area contributed by atoms with Crippen LogP contribution in [0.2, 0.25) is 0 Å².